The molecule has 2 heteroatoms. The van der Waals surface area contributed by atoms with Crippen LogP contribution in [0.25, 0.3) is 0 Å². The van der Waals surface area contributed by atoms with Gasteiger partial charge in [-0.3, -0.25) is 0 Å². The first-order valence-electron chi connectivity index (χ1n) is 6.93. The van der Waals surface area contributed by atoms with Gasteiger partial charge in [0.15, 0.2) is 0 Å². The average Bonchev–Trinajstić information content (AvgIpc) is 2.39. The molecule has 0 saturated heterocycles. The van der Waals surface area contributed by atoms with Gasteiger partial charge in [0, 0.05) is 12.1 Å². The molecule has 1 aromatic rings. The fraction of sp³-hybridized carbons (Fsp3) is 0.562. The van der Waals surface area contributed by atoms with Crippen LogP contribution in [0.5, 0.6) is 0 Å². The molecule has 1 fully saturated rings. The van der Waals surface area contributed by atoms with Gasteiger partial charge in [0.25, 0.3) is 0 Å². The van der Waals surface area contributed by atoms with E-state index < -0.39 is 0 Å². The third-order valence-electron chi connectivity index (χ3n) is 4.05. The van der Waals surface area contributed by atoms with Gasteiger partial charge >= 0.3 is 0 Å². The van der Waals surface area contributed by atoms with Crippen molar-refractivity contribution in [3.8, 4) is 6.07 Å². The summed E-state index contributed by atoms with van der Waals surface area (Å²) in [6.45, 7) is 4.35. The number of benzene rings is 1. The van der Waals surface area contributed by atoms with Gasteiger partial charge in [-0.05, 0) is 37.8 Å². The molecule has 1 aliphatic carbocycles. The molecule has 1 aromatic carbocycles. The van der Waals surface area contributed by atoms with Crippen LogP contribution in [0.2, 0.25) is 0 Å². The lowest BCUT2D eigenvalue weighted by molar-refractivity contribution is 0.292. The standard InChI is InChI=1S/C16H22N2/c1-12-7-3-5-9-15(12)13(2)18-16-10-6-4-8-14(16)11-17/h3,5,7,9,13-14,16,18H,4,6,8,10H2,1-2H3. The summed E-state index contributed by atoms with van der Waals surface area (Å²) in [4.78, 5) is 0. The lowest BCUT2D eigenvalue weighted by Gasteiger charge is -2.31. The van der Waals surface area contributed by atoms with Gasteiger partial charge in [-0.15, -0.1) is 0 Å². The van der Waals surface area contributed by atoms with E-state index in [-0.39, 0.29) is 5.92 Å². The van der Waals surface area contributed by atoms with E-state index in [1.165, 1.54) is 24.0 Å². The van der Waals surface area contributed by atoms with Crippen LogP contribution < -0.4 is 5.32 Å². The minimum absolute atomic E-state index is 0.185. The zero-order valence-electron chi connectivity index (χ0n) is 11.3. The number of aryl methyl sites for hydroxylation is 1. The van der Waals surface area contributed by atoms with Crippen molar-refractivity contribution in [1.82, 2.24) is 5.32 Å². The molecule has 3 atom stereocenters. The largest absolute Gasteiger partial charge is 0.306 e. The zero-order valence-corrected chi connectivity index (χ0v) is 11.3. The number of nitriles is 1. The quantitative estimate of drug-likeness (QED) is 0.876. The molecule has 18 heavy (non-hydrogen) atoms. The zero-order chi connectivity index (χ0) is 13.0. The van der Waals surface area contributed by atoms with E-state index in [0.29, 0.717) is 12.1 Å². The molecular weight excluding hydrogens is 220 g/mol. The van der Waals surface area contributed by atoms with E-state index >= 15 is 0 Å². The highest BCUT2D eigenvalue weighted by molar-refractivity contribution is 5.28. The molecule has 0 radical (unpaired) electrons. The van der Waals surface area contributed by atoms with Crippen molar-refractivity contribution in [2.75, 3.05) is 0 Å². The first-order chi connectivity index (χ1) is 8.72. The Hall–Kier alpha value is -1.33. The minimum Gasteiger partial charge on any atom is -0.306 e. The SMILES string of the molecule is Cc1ccccc1C(C)NC1CCCCC1C#N. The Bertz CT molecular complexity index is 433. The van der Waals surface area contributed by atoms with Gasteiger partial charge in [-0.1, -0.05) is 37.1 Å². The Morgan fingerprint density at radius 3 is 2.72 bits per heavy atom. The summed E-state index contributed by atoms with van der Waals surface area (Å²) in [5, 5.41) is 12.9. The molecule has 0 spiro atoms. The van der Waals surface area contributed by atoms with Gasteiger partial charge in [-0.25, -0.2) is 0 Å². The summed E-state index contributed by atoms with van der Waals surface area (Å²) in [6.07, 6.45) is 4.63. The van der Waals surface area contributed by atoms with E-state index in [2.05, 4.69) is 49.5 Å². The second-order valence-corrected chi connectivity index (χ2v) is 5.37. The molecule has 96 valence electrons. The number of nitrogens with one attached hydrogen (secondary N) is 1. The minimum atomic E-state index is 0.185. The molecule has 0 aliphatic heterocycles. The molecule has 1 N–H and O–H groups in total. The second-order valence-electron chi connectivity index (χ2n) is 5.37. The maximum absolute atomic E-state index is 9.21. The van der Waals surface area contributed by atoms with Crippen molar-refractivity contribution >= 4 is 0 Å². The monoisotopic (exact) mass is 242 g/mol. The second kappa shape index (κ2) is 6.02. The van der Waals surface area contributed by atoms with Crippen molar-refractivity contribution in [1.29, 1.82) is 5.26 Å². The number of hydrogen-bond donors (Lipinski definition) is 1. The van der Waals surface area contributed by atoms with Crippen molar-refractivity contribution in [2.24, 2.45) is 5.92 Å². The van der Waals surface area contributed by atoms with E-state index in [1.807, 2.05) is 0 Å². The van der Waals surface area contributed by atoms with E-state index in [4.69, 9.17) is 0 Å². The van der Waals surface area contributed by atoms with Crippen LogP contribution in [0.3, 0.4) is 0 Å². The Morgan fingerprint density at radius 1 is 1.28 bits per heavy atom. The van der Waals surface area contributed by atoms with Crippen LogP contribution in [0.4, 0.5) is 0 Å². The first kappa shape index (κ1) is 13.1. The summed E-state index contributed by atoms with van der Waals surface area (Å²) < 4.78 is 0. The summed E-state index contributed by atoms with van der Waals surface area (Å²) >= 11 is 0. The topological polar surface area (TPSA) is 35.8 Å². The molecule has 2 nitrogen and oxygen atoms in total. The van der Waals surface area contributed by atoms with Gasteiger partial charge < -0.3 is 5.32 Å². The Labute approximate surface area is 110 Å². The molecule has 0 bridgehead atoms. The van der Waals surface area contributed by atoms with Crippen LogP contribution in [0.15, 0.2) is 24.3 Å². The molecule has 3 unspecified atom stereocenters. The van der Waals surface area contributed by atoms with Crippen LogP contribution in [0, 0.1) is 24.2 Å². The first-order valence-corrected chi connectivity index (χ1v) is 6.93. The summed E-state index contributed by atoms with van der Waals surface area (Å²) in [7, 11) is 0. The Kier molecular flexibility index (Phi) is 4.38. The van der Waals surface area contributed by atoms with Crippen molar-refractivity contribution in [3.05, 3.63) is 35.4 Å². The van der Waals surface area contributed by atoms with Crippen molar-refractivity contribution in [2.45, 2.75) is 51.6 Å². The maximum atomic E-state index is 9.21. The summed E-state index contributed by atoms with van der Waals surface area (Å²) in [5.74, 6) is 0.185. The number of hydrogen-bond acceptors (Lipinski definition) is 2. The highest BCUT2D eigenvalue weighted by Gasteiger charge is 2.26. The van der Waals surface area contributed by atoms with E-state index in [0.717, 1.165) is 12.8 Å². The Balaban J connectivity index is 2.05. The molecule has 1 aliphatic rings. The molecule has 0 amide bonds. The van der Waals surface area contributed by atoms with Gasteiger partial charge in [0.05, 0.1) is 12.0 Å². The predicted molar refractivity (Wildman–Crippen MR) is 74.1 cm³/mol. The molecular formula is C16H22N2. The third kappa shape index (κ3) is 2.91. The van der Waals surface area contributed by atoms with Crippen LogP contribution in [0.1, 0.15) is 49.8 Å². The van der Waals surface area contributed by atoms with E-state index in [1.54, 1.807) is 0 Å². The summed E-state index contributed by atoms with van der Waals surface area (Å²) in [6, 6.07) is 11.6. The maximum Gasteiger partial charge on any atom is 0.0672 e. The molecule has 2 rings (SSSR count). The predicted octanol–water partition coefficient (Wildman–Crippen LogP) is 3.73. The third-order valence-corrected chi connectivity index (χ3v) is 4.05. The van der Waals surface area contributed by atoms with Crippen LogP contribution in [-0.2, 0) is 0 Å². The van der Waals surface area contributed by atoms with Crippen molar-refractivity contribution < 1.29 is 0 Å². The average molecular weight is 242 g/mol. The number of rotatable bonds is 3. The fourth-order valence-electron chi connectivity index (χ4n) is 2.97. The van der Waals surface area contributed by atoms with Gasteiger partial charge in [0.1, 0.15) is 0 Å². The normalized spacial score (nSPS) is 25.4. The smallest absolute Gasteiger partial charge is 0.0672 e. The van der Waals surface area contributed by atoms with Crippen LogP contribution in [-0.4, -0.2) is 6.04 Å². The Morgan fingerprint density at radius 2 is 2.00 bits per heavy atom. The lowest BCUT2D eigenvalue weighted by Crippen LogP contribution is -2.39. The van der Waals surface area contributed by atoms with Crippen LogP contribution >= 0.6 is 0 Å². The van der Waals surface area contributed by atoms with Gasteiger partial charge in [-0.2, -0.15) is 5.26 Å². The molecule has 0 aromatic heterocycles. The van der Waals surface area contributed by atoms with Gasteiger partial charge in [0.2, 0.25) is 0 Å². The molecule has 0 heterocycles. The highest BCUT2D eigenvalue weighted by atomic mass is 15.0. The summed E-state index contributed by atoms with van der Waals surface area (Å²) in [5.41, 5.74) is 2.67. The number of nitrogens with zero attached hydrogens (tertiary/aromatic N) is 1. The fourth-order valence-corrected chi connectivity index (χ4v) is 2.97. The lowest BCUT2D eigenvalue weighted by atomic mass is 9.84. The highest BCUT2D eigenvalue weighted by Crippen LogP contribution is 2.27. The molecule has 1 saturated carbocycles. The van der Waals surface area contributed by atoms with E-state index in [9.17, 15) is 5.26 Å². The van der Waals surface area contributed by atoms with Crippen molar-refractivity contribution in [3.63, 3.8) is 0 Å².